The molecule has 0 aliphatic heterocycles. The molecule has 4 nitrogen and oxygen atoms in total. The molecule has 0 atom stereocenters. The SMILES string of the molecule is N#C/C(=C\c1ccncc1)C(=O)O. The van der Waals surface area contributed by atoms with Crippen LogP contribution in [0.25, 0.3) is 6.08 Å². The van der Waals surface area contributed by atoms with Gasteiger partial charge < -0.3 is 5.11 Å². The van der Waals surface area contributed by atoms with Gasteiger partial charge in [-0.1, -0.05) is 0 Å². The summed E-state index contributed by atoms with van der Waals surface area (Å²) in [5.41, 5.74) is 0.361. The molecule has 0 amide bonds. The van der Waals surface area contributed by atoms with E-state index in [2.05, 4.69) is 4.98 Å². The van der Waals surface area contributed by atoms with Crippen LogP contribution in [0.1, 0.15) is 5.56 Å². The Hall–Kier alpha value is -2.15. The predicted molar refractivity (Wildman–Crippen MR) is 45.5 cm³/mol. The van der Waals surface area contributed by atoms with Crippen molar-refractivity contribution in [3.05, 3.63) is 35.7 Å². The van der Waals surface area contributed by atoms with Crippen LogP contribution >= 0.6 is 0 Å². The largest absolute Gasteiger partial charge is 0.477 e. The zero-order valence-electron chi connectivity index (χ0n) is 6.64. The molecule has 0 aliphatic carbocycles. The average Bonchev–Trinajstić information content (AvgIpc) is 2.15. The fourth-order valence-corrected chi connectivity index (χ4v) is 0.768. The van der Waals surface area contributed by atoms with E-state index in [9.17, 15) is 4.79 Å². The molecule has 0 aliphatic rings. The molecule has 1 heterocycles. The van der Waals surface area contributed by atoms with Crippen molar-refractivity contribution in [2.45, 2.75) is 0 Å². The van der Waals surface area contributed by atoms with E-state index in [0.29, 0.717) is 5.56 Å². The number of nitriles is 1. The van der Waals surface area contributed by atoms with Crippen LogP contribution in [-0.4, -0.2) is 16.1 Å². The first-order chi connectivity index (χ1) is 6.24. The highest BCUT2D eigenvalue weighted by Gasteiger charge is 2.04. The summed E-state index contributed by atoms with van der Waals surface area (Å²) >= 11 is 0. The fraction of sp³-hybridized carbons (Fsp3) is 0. The van der Waals surface area contributed by atoms with E-state index in [1.807, 2.05) is 0 Å². The van der Waals surface area contributed by atoms with Crippen LogP contribution in [0.4, 0.5) is 0 Å². The van der Waals surface area contributed by atoms with E-state index in [1.165, 1.54) is 18.5 Å². The second-order valence-electron chi connectivity index (χ2n) is 2.26. The Labute approximate surface area is 74.8 Å². The molecule has 1 rings (SSSR count). The summed E-state index contributed by atoms with van der Waals surface area (Å²) in [6.45, 7) is 0. The van der Waals surface area contributed by atoms with Crippen LogP contribution < -0.4 is 0 Å². The lowest BCUT2D eigenvalue weighted by atomic mass is 10.2. The Balaban J connectivity index is 3.01. The molecule has 4 heteroatoms. The van der Waals surface area contributed by atoms with E-state index in [-0.39, 0.29) is 5.57 Å². The summed E-state index contributed by atoms with van der Waals surface area (Å²) in [6, 6.07) is 4.84. The molecule has 1 aromatic rings. The maximum Gasteiger partial charge on any atom is 0.346 e. The van der Waals surface area contributed by atoms with Gasteiger partial charge in [0.15, 0.2) is 0 Å². The molecule has 0 fully saturated rings. The Morgan fingerprint density at radius 1 is 1.54 bits per heavy atom. The molecule has 0 saturated carbocycles. The normalized spacial score (nSPS) is 10.5. The minimum absolute atomic E-state index is 0.286. The van der Waals surface area contributed by atoms with Gasteiger partial charge in [-0.2, -0.15) is 5.26 Å². The number of nitrogens with zero attached hydrogens (tertiary/aromatic N) is 2. The van der Waals surface area contributed by atoms with Crippen molar-refractivity contribution in [1.82, 2.24) is 4.98 Å². The van der Waals surface area contributed by atoms with Gasteiger partial charge in [-0.25, -0.2) is 4.79 Å². The monoisotopic (exact) mass is 174 g/mol. The lowest BCUT2D eigenvalue weighted by Gasteiger charge is -1.91. The van der Waals surface area contributed by atoms with Gasteiger partial charge in [0, 0.05) is 12.4 Å². The molecular weight excluding hydrogens is 168 g/mol. The zero-order valence-corrected chi connectivity index (χ0v) is 6.64. The Morgan fingerprint density at radius 2 is 2.15 bits per heavy atom. The van der Waals surface area contributed by atoms with Crippen LogP contribution in [-0.2, 0) is 4.79 Å². The number of carboxylic acid groups (broad SMARTS) is 1. The molecule has 0 unspecified atom stereocenters. The topological polar surface area (TPSA) is 74.0 Å². The Morgan fingerprint density at radius 3 is 2.62 bits per heavy atom. The van der Waals surface area contributed by atoms with Crippen LogP contribution in [0.2, 0.25) is 0 Å². The number of aromatic nitrogens is 1. The summed E-state index contributed by atoms with van der Waals surface area (Å²) in [4.78, 5) is 14.2. The van der Waals surface area contributed by atoms with Crippen LogP contribution in [0.15, 0.2) is 30.1 Å². The highest BCUT2D eigenvalue weighted by atomic mass is 16.4. The molecule has 0 saturated heterocycles. The number of hydrogen-bond acceptors (Lipinski definition) is 3. The predicted octanol–water partition coefficient (Wildman–Crippen LogP) is 1.07. The van der Waals surface area contributed by atoms with Gasteiger partial charge in [0.2, 0.25) is 0 Å². The number of pyridine rings is 1. The smallest absolute Gasteiger partial charge is 0.346 e. The van der Waals surface area contributed by atoms with Gasteiger partial charge in [-0.05, 0) is 23.8 Å². The average molecular weight is 174 g/mol. The number of rotatable bonds is 2. The van der Waals surface area contributed by atoms with Crippen molar-refractivity contribution in [2.24, 2.45) is 0 Å². The van der Waals surface area contributed by atoms with Crippen LogP contribution in [0, 0.1) is 11.3 Å². The molecule has 0 radical (unpaired) electrons. The molecule has 0 bridgehead atoms. The van der Waals surface area contributed by atoms with Gasteiger partial charge >= 0.3 is 5.97 Å². The number of hydrogen-bond donors (Lipinski definition) is 1. The molecule has 0 spiro atoms. The first kappa shape index (κ1) is 8.94. The van der Waals surface area contributed by atoms with Crippen molar-refractivity contribution < 1.29 is 9.90 Å². The van der Waals surface area contributed by atoms with Crippen molar-refractivity contribution >= 4 is 12.0 Å². The molecule has 13 heavy (non-hydrogen) atoms. The lowest BCUT2D eigenvalue weighted by molar-refractivity contribution is -0.132. The van der Waals surface area contributed by atoms with Gasteiger partial charge in [0.1, 0.15) is 11.6 Å². The summed E-state index contributed by atoms with van der Waals surface area (Å²) in [6.07, 6.45) is 4.36. The van der Waals surface area contributed by atoms with E-state index in [1.54, 1.807) is 18.2 Å². The van der Waals surface area contributed by atoms with Crippen LogP contribution in [0.3, 0.4) is 0 Å². The van der Waals surface area contributed by atoms with Gasteiger partial charge in [0.05, 0.1) is 0 Å². The lowest BCUT2D eigenvalue weighted by Crippen LogP contribution is -1.97. The molecule has 0 aromatic carbocycles. The van der Waals surface area contributed by atoms with Crippen molar-refractivity contribution in [2.75, 3.05) is 0 Å². The number of aliphatic carboxylic acids is 1. The van der Waals surface area contributed by atoms with Crippen molar-refractivity contribution in [3.63, 3.8) is 0 Å². The summed E-state index contributed by atoms with van der Waals surface area (Å²) in [7, 11) is 0. The first-order valence-electron chi connectivity index (χ1n) is 3.49. The third-order valence-corrected chi connectivity index (χ3v) is 1.37. The molecule has 1 N–H and O–H groups in total. The maximum atomic E-state index is 10.4. The Bertz CT molecular complexity index is 376. The third kappa shape index (κ3) is 2.42. The molecular formula is C9H6N2O2. The highest BCUT2D eigenvalue weighted by Crippen LogP contribution is 2.04. The van der Waals surface area contributed by atoms with Crippen LogP contribution in [0.5, 0.6) is 0 Å². The molecule has 1 aromatic heterocycles. The standard InChI is InChI=1S/C9H6N2O2/c10-6-8(9(12)13)5-7-1-3-11-4-2-7/h1-5H,(H,12,13)/b8-5+. The second kappa shape index (κ2) is 4.02. The zero-order chi connectivity index (χ0) is 9.68. The third-order valence-electron chi connectivity index (χ3n) is 1.37. The molecule has 64 valence electrons. The fourth-order valence-electron chi connectivity index (χ4n) is 0.768. The summed E-state index contributed by atoms with van der Waals surface area (Å²) < 4.78 is 0. The quantitative estimate of drug-likeness (QED) is 0.537. The number of carbonyl (C=O) groups is 1. The highest BCUT2D eigenvalue weighted by molar-refractivity contribution is 5.96. The van der Waals surface area contributed by atoms with Crippen molar-refractivity contribution in [3.8, 4) is 6.07 Å². The second-order valence-corrected chi connectivity index (χ2v) is 2.26. The Kier molecular flexibility index (Phi) is 2.77. The minimum atomic E-state index is -1.22. The van der Waals surface area contributed by atoms with Crippen molar-refractivity contribution in [1.29, 1.82) is 5.26 Å². The summed E-state index contributed by atoms with van der Waals surface area (Å²) in [5, 5.41) is 17.0. The minimum Gasteiger partial charge on any atom is -0.477 e. The van der Waals surface area contributed by atoms with Gasteiger partial charge in [-0.15, -0.1) is 0 Å². The van der Waals surface area contributed by atoms with E-state index in [0.717, 1.165) is 0 Å². The van der Waals surface area contributed by atoms with E-state index < -0.39 is 5.97 Å². The number of carboxylic acids is 1. The van der Waals surface area contributed by atoms with Gasteiger partial charge in [-0.3, -0.25) is 4.98 Å². The first-order valence-corrected chi connectivity index (χ1v) is 3.49. The van der Waals surface area contributed by atoms with E-state index >= 15 is 0 Å². The summed E-state index contributed by atoms with van der Waals surface area (Å²) in [5.74, 6) is -1.22. The van der Waals surface area contributed by atoms with E-state index in [4.69, 9.17) is 10.4 Å². The maximum absolute atomic E-state index is 10.4. The van der Waals surface area contributed by atoms with Gasteiger partial charge in [0.25, 0.3) is 0 Å².